The number of rotatable bonds is 7. The van der Waals surface area contributed by atoms with Crippen molar-refractivity contribution in [2.24, 2.45) is 0 Å². The monoisotopic (exact) mass is 436 g/mol. The van der Waals surface area contributed by atoms with Crippen LogP contribution in [-0.2, 0) is 27.2 Å². The number of carboxylic acids is 1. The first-order valence-corrected chi connectivity index (χ1v) is 12.2. The van der Waals surface area contributed by atoms with Crippen LogP contribution in [0.1, 0.15) is 105 Å². The summed E-state index contributed by atoms with van der Waals surface area (Å²) >= 11 is 1.48. The minimum Gasteiger partial charge on any atom is -0.550 e. The van der Waals surface area contributed by atoms with Gasteiger partial charge in [0.05, 0.1) is 12.2 Å². The Kier molecular flexibility index (Phi) is 10.9. The largest absolute Gasteiger partial charge is 0.550 e. The summed E-state index contributed by atoms with van der Waals surface area (Å²) in [4.78, 5) is 36.9. The van der Waals surface area contributed by atoms with E-state index in [4.69, 9.17) is 4.74 Å². The molecular weight excluding hydrogens is 402 g/mol. The van der Waals surface area contributed by atoms with E-state index in [2.05, 4.69) is 5.32 Å². The predicted octanol–water partition coefficient (Wildman–Crippen LogP) is 4.39. The summed E-state index contributed by atoms with van der Waals surface area (Å²) in [5, 5.41) is 14.0. The van der Waals surface area contributed by atoms with Crippen molar-refractivity contribution in [3.63, 3.8) is 0 Å². The number of anilines is 1. The fourth-order valence-corrected chi connectivity index (χ4v) is 5.19. The van der Waals surface area contributed by atoms with Gasteiger partial charge in [0, 0.05) is 17.3 Å². The Hall–Kier alpha value is -1.89. The molecule has 30 heavy (non-hydrogen) atoms. The van der Waals surface area contributed by atoms with Gasteiger partial charge >= 0.3 is 5.97 Å². The number of esters is 1. The van der Waals surface area contributed by atoms with Crippen molar-refractivity contribution in [3.8, 4) is 0 Å². The number of hydrogen-bond acceptors (Lipinski definition) is 6. The number of aliphatic carboxylic acids is 1. The lowest BCUT2D eigenvalue weighted by Gasteiger charge is -2.09. The van der Waals surface area contributed by atoms with Gasteiger partial charge in [0.2, 0.25) is 5.91 Å². The molecule has 1 heterocycles. The molecule has 1 aliphatic carbocycles. The Morgan fingerprint density at radius 2 is 1.53 bits per heavy atom. The van der Waals surface area contributed by atoms with E-state index in [1.165, 1.54) is 54.7 Å². The number of hydrogen-bond donors (Lipinski definition) is 1. The van der Waals surface area contributed by atoms with E-state index in [0.29, 0.717) is 10.6 Å². The highest BCUT2D eigenvalue weighted by Gasteiger charge is 2.25. The maximum absolute atomic E-state index is 12.8. The van der Waals surface area contributed by atoms with Crippen LogP contribution in [0.15, 0.2) is 0 Å². The highest BCUT2D eigenvalue weighted by Crippen LogP contribution is 2.37. The van der Waals surface area contributed by atoms with E-state index >= 15 is 0 Å². The molecule has 0 bridgehead atoms. The molecule has 1 aromatic heterocycles. The maximum atomic E-state index is 12.8. The third-order valence-electron chi connectivity index (χ3n) is 5.44. The second-order valence-corrected chi connectivity index (χ2v) is 8.99. The quantitative estimate of drug-likeness (QED) is 0.640. The van der Waals surface area contributed by atoms with Crippen LogP contribution < -0.4 is 10.4 Å². The number of fused-ring (bicyclic) bond motifs is 1. The van der Waals surface area contributed by atoms with Gasteiger partial charge in [-0.2, -0.15) is 0 Å². The van der Waals surface area contributed by atoms with Gasteiger partial charge < -0.3 is 20.0 Å². The van der Waals surface area contributed by atoms with Gasteiger partial charge in [-0.15, -0.1) is 11.3 Å². The van der Waals surface area contributed by atoms with Crippen molar-refractivity contribution < 1.29 is 24.2 Å². The summed E-state index contributed by atoms with van der Waals surface area (Å²) in [6, 6.07) is 0. The molecule has 1 N–H and O–H groups in total. The third-order valence-corrected chi connectivity index (χ3v) is 6.65. The topological polar surface area (TPSA) is 95.5 Å². The smallest absolute Gasteiger partial charge is 0.341 e. The van der Waals surface area contributed by atoms with Crippen molar-refractivity contribution in [3.05, 3.63) is 16.0 Å². The first-order chi connectivity index (χ1) is 14.5. The third kappa shape index (κ3) is 8.09. The van der Waals surface area contributed by atoms with Gasteiger partial charge in [-0.3, -0.25) is 4.79 Å². The van der Waals surface area contributed by atoms with Gasteiger partial charge in [-0.1, -0.05) is 44.9 Å². The van der Waals surface area contributed by atoms with E-state index in [1.807, 2.05) is 0 Å². The number of carboxylic acid groups (broad SMARTS) is 1. The fourth-order valence-electron chi connectivity index (χ4n) is 3.89. The molecule has 0 aromatic carbocycles. The van der Waals surface area contributed by atoms with Crippen LogP contribution in [-0.4, -0.2) is 24.5 Å². The van der Waals surface area contributed by atoms with Crippen LogP contribution in [0.2, 0.25) is 0 Å². The average Bonchev–Trinajstić information content (AvgIpc) is 3.03. The van der Waals surface area contributed by atoms with E-state index in [0.717, 1.165) is 37.7 Å². The molecule has 1 aliphatic rings. The number of carbonyl (C=O) groups is 3. The van der Waals surface area contributed by atoms with Crippen molar-refractivity contribution >= 4 is 34.2 Å². The average molecular weight is 437 g/mol. The van der Waals surface area contributed by atoms with E-state index in [9.17, 15) is 19.5 Å². The summed E-state index contributed by atoms with van der Waals surface area (Å²) in [6.45, 7) is 2.06. The molecule has 0 atom stereocenters. The second kappa shape index (κ2) is 13.4. The summed E-state index contributed by atoms with van der Waals surface area (Å²) in [5.74, 6) is -1.83. The molecule has 2 rings (SSSR count). The number of thiophene rings is 1. The van der Waals surface area contributed by atoms with Crippen molar-refractivity contribution in [2.75, 3.05) is 11.9 Å². The van der Waals surface area contributed by atoms with E-state index < -0.39 is 5.97 Å². The lowest BCUT2D eigenvalue weighted by Crippen LogP contribution is -2.22. The highest BCUT2D eigenvalue weighted by molar-refractivity contribution is 7.17. The van der Waals surface area contributed by atoms with Crippen LogP contribution in [0.5, 0.6) is 0 Å². The molecule has 0 spiro atoms. The molecule has 1 aromatic rings. The molecule has 0 aliphatic heterocycles. The molecule has 0 saturated heterocycles. The van der Waals surface area contributed by atoms with E-state index in [-0.39, 0.29) is 37.7 Å². The summed E-state index contributed by atoms with van der Waals surface area (Å²) in [5.41, 5.74) is 1.53. The van der Waals surface area contributed by atoms with Crippen LogP contribution in [0, 0.1) is 0 Å². The first-order valence-electron chi connectivity index (χ1n) is 11.3. The highest BCUT2D eigenvalue weighted by atomic mass is 32.1. The van der Waals surface area contributed by atoms with Crippen LogP contribution >= 0.6 is 11.3 Å². The molecule has 0 radical (unpaired) electrons. The van der Waals surface area contributed by atoms with Crippen molar-refractivity contribution in [1.29, 1.82) is 0 Å². The SMILES string of the molecule is CCOC(=O)c1c(NC(=O)CCCC(=O)[O-])sc2c1CCCCCCCCCCC2. The normalized spacial score (nSPS) is 15.8. The number of nitrogens with one attached hydrogen (secondary N) is 1. The number of aryl methyl sites for hydroxylation is 1. The summed E-state index contributed by atoms with van der Waals surface area (Å²) in [6.07, 6.45) is 12.6. The number of ether oxygens (including phenoxy) is 1. The Morgan fingerprint density at radius 1 is 0.933 bits per heavy atom. The minimum absolute atomic E-state index is 0.0822. The Bertz CT molecular complexity index is 713. The van der Waals surface area contributed by atoms with Crippen LogP contribution in [0.3, 0.4) is 0 Å². The maximum Gasteiger partial charge on any atom is 0.341 e. The molecule has 0 saturated carbocycles. The van der Waals surface area contributed by atoms with Gasteiger partial charge in [-0.25, -0.2) is 4.79 Å². The first kappa shape index (κ1) is 24.4. The van der Waals surface area contributed by atoms with Gasteiger partial charge in [0.25, 0.3) is 0 Å². The zero-order chi connectivity index (χ0) is 21.8. The Balaban J connectivity index is 2.23. The zero-order valence-corrected chi connectivity index (χ0v) is 18.9. The van der Waals surface area contributed by atoms with E-state index in [1.54, 1.807) is 6.92 Å². The second-order valence-electron chi connectivity index (χ2n) is 7.88. The summed E-state index contributed by atoms with van der Waals surface area (Å²) in [7, 11) is 0. The Morgan fingerprint density at radius 3 is 2.13 bits per heavy atom. The number of carbonyl (C=O) groups excluding carboxylic acids is 3. The fraction of sp³-hybridized carbons (Fsp3) is 0.696. The van der Waals surface area contributed by atoms with Gasteiger partial charge in [0.15, 0.2) is 0 Å². The lowest BCUT2D eigenvalue weighted by atomic mass is 10.00. The standard InChI is InChI=1S/C23H35NO5S/c1-2-29-23(28)21-17-13-10-8-6-4-3-5-7-9-11-14-18(17)30-22(21)24-19(25)15-12-16-20(26)27/h2-16H2,1H3,(H,24,25)(H,26,27)/p-1. The Labute approximate surface area is 183 Å². The number of amides is 1. The lowest BCUT2D eigenvalue weighted by molar-refractivity contribution is -0.305. The molecule has 0 unspecified atom stereocenters. The van der Waals surface area contributed by atoms with Crippen LogP contribution in [0.4, 0.5) is 5.00 Å². The zero-order valence-electron chi connectivity index (χ0n) is 18.1. The van der Waals surface area contributed by atoms with Gasteiger partial charge in [-0.05, 0) is 51.0 Å². The van der Waals surface area contributed by atoms with Crippen molar-refractivity contribution in [2.45, 2.75) is 96.8 Å². The molecule has 0 fully saturated rings. The molecular formula is C23H34NO5S-. The molecule has 1 amide bonds. The van der Waals surface area contributed by atoms with Crippen LogP contribution in [0.25, 0.3) is 0 Å². The minimum atomic E-state index is -1.16. The summed E-state index contributed by atoms with van der Waals surface area (Å²) < 4.78 is 5.31. The van der Waals surface area contributed by atoms with Gasteiger partial charge in [0.1, 0.15) is 5.00 Å². The molecule has 7 heteroatoms. The molecule has 6 nitrogen and oxygen atoms in total. The molecule has 168 valence electrons. The predicted molar refractivity (Wildman–Crippen MR) is 117 cm³/mol. The van der Waals surface area contributed by atoms with Crippen molar-refractivity contribution in [1.82, 2.24) is 0 Å².